The van der Waals surface area contributed by atoms with Crippen LogP contribution in [-0.4, -0.2) is 0 Å². The molecule has 8 rings (SSSR count). The van der Waals surface area contributed by atoms with E-state index in [4.69, 9.17) is 4.42 Å². The van der Waals surface area contributed by atoms with Gasteiger partial charge >= 0.3 is 0 Å². The Balaban J connectivity index is 1.42. The van der Waals surface area contributed by atoms with Gasteiger partial charge in [-0.15, -0.1) is 0 Å². The van der Waals surface area contributed by atoms with E-state index >= 15 is 0 Å². The van der Waals surface area contributed by atoms with E-state index in [0.717, 1.165) is 53.2 Å². The summed E-state index contributed by atoms with van der Waals surface area (Å²) in [4.78, 5) is 2.37. The van der Waals surface area contributed by atoms with Crippen LogP contribution in [0.25, 0.3) is 38.1 Å². The molecule has 1 heterocycles. The van der Waals surface area contributed by atoms with Crippen LogP contribution in [0.4, 0.5) is 17.1 Å². The van der Waals surface area contributed by atoms with Gasteiger partial charge in [0.05, 0.1) is 11.4 Å². The Bertz CT molecular complexity index is 2070. The number of nitrogens with zero attached hydrogens (tertiary/aromatic N) is 1. The van der Waals surface area contributed by atoms with Crippen LogP contribution in [0.2, 0.25) is 0 Å². The topological polar surface area (TPSA) is 16.4 Å². The normalized spacial score (nSPS) is 14.6. The van der Waals surface area contributed by atoms with Gasteiger partial charge in [0, 0.05) is 27.6 Å². The minimum atomic E-state index is 0.840. The van der Waals surface area contributed by atoms with Crippen molar-refractivity contribution in [2.45, 2.75) is 19.3 Å². The zero-order chi connectivity index (χ0) is 27.2. The molecule has 5 aromatic carbocycles. The van der Waals surface area contributed by atoms with Crippen LogP contribution in [0.5, 0.6) is 0 Å². The first-order valence-electron chi connectivity index (χ1n) is 14.4. The lowest BCUT2D eigenvalue weighted by atomic mass is 9.95. The summed E-state index contributed by atoms with van der Waals surface area (Å²) in [6.07, 6.45) is 16.5. The maximum Gasteiger partial charge on any atom is 0.159 e. The van der Waals surface area contributed by atoms with Crippen molar-refractivity contribution in [1.29, 1.82) is 0 Å². The molecule has 2 aliphatic rings. The Labute approximate surface area is 239 Å². The van der Waals surface area contributed by atoms with Gasteiger partial charge in [0.2, 0.25) is 0 Å². The van der Waals surface area contributed by atoms with Gasteiger partial charge in [-0.1, -0.05) is 115 Å². The minimum absolute atomic E-state index is 0.840. The van der Waals surface area contributed by atoms with Gasteiger partial charge in [-0.05, 0) is 65.3 Å². The zero-order valence-corrected chi connectivity index (χ0v) is 22.8. The van der Waals surface area contributed by atoms with Crippen molar-refractivity contribution in [3.8, 4) is 0 Å². The number of allylic oxidation sites excluding steroid dienone is 8. The van der Waals surface area contributed by atoms with Gasteiger partial charge in [-0.3, -0.25) is 0 Å². The molecule has 0 atom stereocenters. The molecule has 0 saturated carbocycles. The Hall–Kier alpha value is -5.08. The summed E-state index contributed by atoms with van der Waals surface area (Å²) in [7, 11) is 0. The predicted octanol–water partition coefficient (Wildman–Crippen LogP) is 11.0. The summed E-state index contributed by atoms with van der Waals surface area (Å²) in [5, 5.41) is 6.10. The number of fused-ring (bicyclic) bond motifs is 6. The van der Waals surface area contributed by atoms with Gasteiger partial charge in [-0.25, -0.2) is 0 Å². The van der Waals surface area contributed by atoms with E-state index < -0.39 is 0 Å². The van der Waals surface area contributed by atoms with Crippen LogP contribution in [0.1, 0.15) is 24.2 Å². The summed E-state index contributed by atoms with van der Waals surface area (Å²) >= 11 is 0. The average Bonchev–Trinajstić information content (AvgIpc) is 3.28. The van der Waals surface area contributed by atoms with Crippen LogP contribution >= 0.6 is 0 Å². The lowest BCUT2D eigenvalue weighted by Crippen LogP contribution is -2.11. The second-order valence-corrected chi connectivity index (χ2v) is 10.7. The fourth-order valence-corrected chi connectivity index (χ4v) is 6.42. The van der Waals surface area contributed by atoms with E-state index in [1.807, 2.05) is 0 Å². The monoisotopic (exact) mass is 527 g/mol. The third kappa shape index (κ3) is 3.95. The van der Waals surface area contributed by atoms with Gasteiger partial charge < -0.3 is 9.32 Å². The zero-order valence-electron chi connectivity index (χ0n) is 22.8. The van der Waals surface area contributed by atoms with Gasteiger partial charge in [0.15, 0.2) is 5.58 Å². The second kappa shape index (κ2) is 9.83. The van der Waals surface area contributed by atoms with E-state index in [0.29, 0.717) is 0 Å². The molecule has 0 spiro atoms. The number of hydrogen-bond donors (Lipinski definition) is 0. The highest BCUT2D eigenvalue weighted by Crippen LogP contribution is 2.47. The molecule has 0 bridgehead atoms. The molecular formula is C39H29NO. The molecule has 0 amide bonds. The molecule has 1 aromatic heterocycles. The first-order valence-corrected chi connectivity index (χ1v) is 14.4. The Morgan fingerprint density at radius 2 is 1.41 bits per heavy atom. The molecule has 41 heavy (non-hydrogen) atoms. The lowest BCUT2D eigenvalue weighted by Gasteiger charge is -2.27. The first kappa shape index (κ1) is 23.8. The molecule has 0 unspecified atom stereocenters. The van der Waals surface area contributed by atoms with E-state index in [1.54, 1.807) is 0 Å². The van der Waals surface area contributed by atoms with Crippen LogP contribution < -0.4 is 4.90 Å². The van der Waals surface area contributed by atoms with Gasteiger partial charge in [-0.2, -0.15) is 0 Å². The summed E-state index contributed by atoms with van der Waals surface area (Å²) in [5.74, 6) is 0.978. The maximum atomic E-state index is 6.97. The Kier molecular flexibility index (Phi) is 5.70. The number of hydrogen-bond acceptors (Lipinski definition) is 2. The summed E-state index contributed by atoms with van der Waals surface area (Å²) in [6.45, 7) is 0. The molecule has 0 fully saturated rings. The van der Waals surface area contributed by atoms with E-state index in [1.165, 1.54) is 38.1 Å². The van der Waals surface area contributed by atoms with Crippen molar-refractivity contribution in [2.75, 3.05) is 4.90 Å². The summed E-state index contributed by atoms with van der Waals surface area (Å²) < 4.78 is 6.97. The minimum Gasteiger partial charge on any atom is -0.454 e. The molecule has 6 aromatic rings. The molecule has 2 aliphatic carbocycles. The van der Waals surface area contributed by atoms with Crippen molar-refractivity contribution < 1.29 is 4.42 Å². The lowest BCUT2D eigenvalue weighted by molar-refractivity contribution is 0.596. The standard InChI is InChI=1S/C39H29NO/c1-3-14-27(15-4-1)31-20-9-12-23-34-35-24-13-25-36(39(35)41-38(31)34)40(29-17-5-2-6-18-29)37-26-28-16-7-8-19-30(28)32-21-10-11-22-33(32)37/h2-3,5-22,24-26H,1,4,23H2. The van der Waals surface area contributed by atoms with E-state index in [-0.39, 0.29) is 0 Å². The second-order valence-electron chi connectivity index (χ2n) is 10.7. The largest absolute Gasteiger partial charge is 0.454 e. The SMILES string of the molecule is C1=CCc2c(oc3c(N(c4ccccc4)c4cc5ccccc5c5ccccc45)cccc23)C(C2=CCCC=C2)=C1. The van der Waals surface area contributed by atoms with Gasteiger partial charge in [0.25, 0.3) is 0 Å². The molecule has 2 heteroatoms. The van der Waals surface area contributed by atoms with Gasteiger partial charge in [0.1, 0.15) is 5.76 Å². The van der Waals surface area contributed by atoms with Crippen molar-refractivity contribution in [1.82, 2.24) is 0 Å². The summed E-state index contributed by atoms with van der Waals surface area (Å²) in [6, 6.07) is 37.0. The maximum absolute atomic E-state index is 6.97. The number of furan rings is 1. The van der Waals surface area contributed by atoms with Crippen molar-refractivity contribution in [2.24, 2.45) is 0 Å². The molecule has 0 saturated heterocycles. The summed E-state index contributed by atoms with van der Waals surface area (Å²) in [5.41, 5.74) is 7.84. The highest BCUT2D eigenvalue weighted by molar-refractivity contribution is 6.15. The molecule has 0 N–H and O–H groups in total. The predicted molar refractivity (Wildman–Crippen MR) is 173 cm³/mol. The van der Waals surface area contributed by atoms with E-state index in [2.05, 4.69) is 144 Å². The molecule has 2 nitrogen and oxygen atoms in total. The Morgan fingerprint density at radius 3 is 2.27 bits per heavy atom. The highest BCUT2D eigenvalue weighted by Gasteiger charge is 2.25. The average molecular weight is 528 g/mol. The van der Waals surface area contributed by atoms with E-state index in [9.17, 15) is 0 Å². The first-order chi connectivity index (χ1) is 20.4. The smallest absolute Gasteiger partial charge is 0.159 e. The molecule has 196 valence electrons. The number of para-hydroxylation sites is 2. The quantitative estimate of drug-likeness (QED) is 0.212. The van der Waals surface area contributed by atoms with Crippen molar-refractivity contribution in [3.05, 3.63) is 156 Å². The van der Waals surface area contributed by atoms with Crippen LogP contribution in [0, 0.1) is 0 Å². The molecule has 0 radical (unpaired) electrons. The third-order valence-electron chi connectivity index (χ3n) is 8.31. The number of benzene rings is 5. The highest BCUT2D eigenvalue weighted by atomic mass is 16.3. The number of anilines is 3. The fourth-order valence-electron chi connectivity index (χ4n) is 6.42. The van der Waals surface area contributed by atoms with Crippen LogP contribution in [0.15, 0.2) is 150 Å². The van der Waals surface area contributed by atoms with Crippen molar-refractivity contribution >= 4 is 55.1 Å². The number of rotatable bonds is 4. The van der Waals surface area contributed by atoms with Crippen LogP contribution in [-0.2, 0) is 6.42 Å². The third-order valence-corrected chi connectivity index (χ3v) is 8.31. The van der Waals surface area contributed by atoms with Crippen LogP contribution in [0.3, 0.4) is 0 Å². The van der Waals surface area contributed by atoms with Crippen molar-refractivity contribution in [3.63, 3.8) is 0 Å². The fraction of sp³-hybridized carbons (Fsp3) is 0.0769. The molecule has 0 aliphatic heterocycles. The molecular weight excluding hydrogens is 498 g/mol. The Morgan fingerprint density at radius 1 is 0.634 bits per heavy atom.